The van der Waals surface area contributed by atoms with Gasteiger partial charge in [0.15, 0.2) is 5.79 Å². The van der Waals surface area contributed by atoms with Gasteiger partial charge in [-0.2, -0.15) is 0 Å². The summed E-state index contributed by atoms with van der Waals surface area (Å²) in [5.74, 6) is -1.90. The molecule has 9 nitrogen and oxygen atoms in total. The van der Waals surface area contributed by atoms with Gasteiger partial charge in [0.1, 0.15) is 18.0 Å². The minimum absolute atomic E-state index is 0.0144. The lowest BCUT2D eigenvalue weighted by atomic mass is 9.67. The number of ether oxygens (including phenoxy) is 5. The molecule has 4 rings (SSSR count). The maximum atomic E-state index is 13.1. The molecule has 0 unspecified atom stereocenters. The first kappa shape index (κ1) is 31.7. The second-order valence-electron chi connectivity index (χ2n) is 13.2. The van der Waals surface area contributed by atoms with E-state index in [1.54, 1.807) is 19.2 Å². The number of fused-ring (bicyclic) bond motifs is 2. The molecule has 9 heteroatoms. The van der Waals surface area contributed by atoms with Crippen molar-refractivity contribution in [2.75, 3.05) is 7.11 Å². The van der Waals surface area contributed by atoms with E-state index in [0.717, 1.165) is 18.4 Å². The highest BCUT2D eigenvalue weighted by Gasteiger charge is 2.60. The van der Waals surface area contributed by atoms with E-state index in [1.807, 2.05) is 19.1 Å². The Hall–Kier alpha value is -2.20. The molecule has 230 valence electrons. The van der Waals surface area contributed by atoms with Crippen LogP contribution < -0.4 is 0 Å². The second kappa shape index (κ2) is 12.6. The number of aliphatic hydroxyl groups is 1. The number of cyclic esters (lactones) is 1. The summed E-state index contributed by atoms with van der Waals surface area (Å²) in [6.45, 7) is 12.0. The first-order valence-electron chi connectivity index (χ1n) is 15.0. The monoisotopic (exact) mass is 576 g/mol. The molecule has 3 aliphatic heterocycles. The largest absolute Gasteiger partial charge is 0.508 e. The van der Waals surface area contributed by atoms with Crippen LogP contribution in [0.2, 0.25) is 0 Å². The standard InChI is InChI=1S/C32H48O9/c1-18(11-12-24(37-7)22-9-8-10-23(34)13-22)30-20(3)27-17-32(41-30)31(5,6)16-19(2)25(40-32)14-28(35)38-26(21(4)33)15-29(36)39-27/h8-10,13,18-21,24-27,30,33-34H,11-12,14-17H2,1-7H3/t18-,19+,20-,21+,24-,25-,26+,27-,30-,32+/m0/s1. The average molecular weight is 577 g/mol. The zero-order valence-corrected chi connectivity index (χ0v) is 25.5. The molecule has 0 radical (unpaired) electrons. The summed E-state index contributed by atoms with van der Waals surface area (Å²) >= 11 is 0. The molecule has 2 N–H and O–H groups in total. The molecule has 0 amide bonds. The summed E-state index contributed by atoms with van der Waals surface area (Å²) in [6.07, 6.45) is -1.03. The van der Waals surface area contributed by atoms with Crippen LogP contribution in [0.4, 0.5) is 0 Å². The molecule has 41 heavy (non-hydrogen) atoms. The molecular formula is C32H48O9. The van der Waals surface area contributed by atoms with Crippen LogP contribution in [-0.2, 0) is 33.3 Å². The number of hydrogen-bond acceptors (Lipinski definition) is 9. The predicted molar refractivity (Wildman–Crippen MR) is 151 cm³/mol. The zero-order valence-electron chi connectivity index (χ0n) is 25.5. The third-order valence-corrected chi connectivity index (χ3v) is 9.55. The molecule has 1 aromatic carbocycles. The van der Waals surface area contributed by atoms with Crippen molar-refractivity contribution in [1.29, 1.82) is 0 Å². The second-order valence-corrected chi connectivity index (χ2v) is 13.2. The molecular weight excluding hydrogens is 528 g/mol. The summed E-state index contributed by atoms with van der Waals surface area (Å²) < 4.78 is 31.2. The van der Waals surface area contributed by atoms with Gasteiger partial charge >= 0.3 is 11.9 Å². The average Bonchev–Trinajstić information content (AvgIpc) is 2.88. The Labute approximate surface area is 243 Å². The van der Waals surface area contributed by atoms with Gasteiger partial charge in [-0.3, -0.25) is 9.59 Å². The smallest absolute Gasteiger partial charge is 0.309 e. The maximum Gasteiger partial charge on any atom is 0.309 e. The molecule has 3 heterocycles. The minimum atomic E-state index is -1.06. The molecule has 10 atom stereocenters. The van der Waals surface area contributed by atoms with Gasteiger partial charge in [-0.25, -0.2) is 0 Å². The van der Waals surface area contributed by atoms with Crippen molar-refractivity contribution in [3.8, 4) is 5.75 Å². The molecule has 1 aromatic rings. The zero-order chi connectivity index (χ0) is 30.1. The van der Waals surface area contributed by atoms with E-state index >= 15 is 0 Å². The molecule has 0 saturated carbocycles. The van der Waals surface area contributed by atoms with Gasteiger partial charge in [0.2, 0.25) is 0 Å². The number of phenolic OH excluding ortho intramolecular Hbond substituents is 1. The van der Waals surface area contributed by atoms with Crippen molar-refractivity contribution in [2.45, 2.75) is 122 Å². The number of esters is 2. The van der Waals surface area contributed by atoms with Crippen molar-refractivity contribution in [3.63, 3.8) is 0 Å². The van der Waals surface area contributed by atoms with Crippen LogP contribution in [-0.4, -0.2) is 65.6 Å². The Morgan fingerprint density at radius 2 is 1.71 bits per heavy atom. The summed E-state index contributed by atoms with van der Waals surface area (Å²) in [4.78, 5) is 26.0. The van der Waals surface area contributed by atoms with Crippen molar-refractivity contribution < 1.29 is 43.5 Å². The number of methoxy groups -OCH3 is 1. The van der Waals surface area contributed by atoms with Crippen LogP contribution in [0.1, 0.15) is 91.7 Å². The summed E-state index contributed by atoms with van der Waals surface area (Å²) in [5, 5.41) is 20.2. The van der Waals surface area contributed by atoms with Crippen molar-refractivity contribution in [1.82, 2.24) is 0 Å². The van der Waals surface area contributed by atoms with Crippen molar-refractivity contribution in [2.24, 2.45) is 23.2 Å². The van der Waals surface area contributed by atoms with Gasteiger partial charge in [0, 0.05) is 24.9 Å². The molecule has 1 spiro atoms. The molecule has 3 aliphatic rings. The molecule has 0 aliphatic carbocycles. The lowest BCUT2D eigenvalue weighted by Gasteiger charge is -2.59. The quantitative estimate of drug-likeness (QED) is 0.429. The number of hydrogen-bond donors (Lipinski definition) is 2. The van der Waals surface area contributed by atoms with E-state index in [0.29, 0.717) is 12.8 Å². The van der Waals surface area contributed by atoms with Crippen LogP contribution in [0.5, 0.6) is 5.75 Å². The number of carbonyl (C=O) groups is 2. The Morgan fingerprint density at radius 1 is 1.00 bits per heavy atom. The first-order chi connectivity index (χ1) is 19.2. The van der Waals surface area contributed by atoms with Crippen LogP contribution >= 0.6 is 0 Å². The molecule has 3 bridgehead atoms. The number of carbonyl (C=O) groups excluding carboxylic acids is 2. The van der Waals surface area contributed by atoms with Crippen molar-refractivity contribution in [3.05, 3.63) is 29.8 Å². The lowest BCUT2D eigenvalue weighted by Crippen LogP contribution is -2.65. The topological polar surface area (TPSA) is 121 Å². The van der Waals surface area contributed by atoms with E-state index in [9.17, 15) is 19.8 Å². The van der Waals surface area contributed by atoms with Crippen molar-refractivity contribution >= 4 is 11.9 Å². The SMILES string of the molecule is CO[C@@H](CC[C@H](C)[C@@H]1O[C@@]23C[C@H](OC(=O)C[C@H]([C@@H](C)O)OC(=O)C[C@H](O2)[C@H](C)CC3(C)C)[C@@H]1C)c1cccc(O)c1. The third-order valence-electron chi connectivity index (χ3n) is 9.55. The third kappa shape index (κ3) is 6.90. The van der Waals surface area contributed by atoms with Gasteiger partial charge in [-0.1, -0.05) is 46.8 Å². The van der Waals surface area contributed by atoms with Gasteiger partial charge in [-0.15, -0.1) is 0 Å². The highest BCUT2D eigenvalue weighted by atomic mass is 16.7. The minimum Gasteiger partial charge on any atom is -0.508 e. The van der Waals surface area contributed by atoms with Crippen LogP contribution in [0, 0.1) is 23.2 Å². The number of aliphatic hydroxyl groups excluding tert-OH is 1. The fourth-order valence-corrected chi connectivity index (χ4v) is 6.98. The fraction of sp³-hybridized carbons (Fsp3) is 0.750. The highest BCUT2D eigenvalue weighted by Crippen LogP contribution is 2.55. The first-order valence-corrected chi connectivity index (χ1v) is 15.0. The van der Waals surface area contributed by atoms with Gasteiger partial charge in [0.05, 0.1) is 37.3 Å². The summed E-state index contributed by atoms with van der Waals surface area (Å²) in [5.41, 5.74) is 0.488. The van der Waals surface area contributed by atoms with E-state index < -0.39 is 47.6 Å². The Balaban J connectivity index is 1.63. The van der Waals surface area contributed by atoms with E-state index in [2.05, 4.69) is 27.7 Å². The predicted octanol–water partition coefficient (Wildman–Crippen LogP) is 5.07. The Morgan fingerprint density at radius 3 is 2.37 bits per heavy atom. The number of phenols is 1. The van der Waals surface area contributed by atoms with Gasteiger partial charge in [-0.05, 0) is 55.7 Å². The number of aromatic hydroxyl groups is 1. The fourth-order valence-electron chi connectivity index (χ4n) is 6.98. The molecule has 3 fully saturated rings. The Bertz CT molecular complexity index is 1070. The lowest BCUT2D eigenvalue weighted by molar-refractivity contribution is -0.393. The van der Waals surface area contributed by atoms with Gasteiger partial charge < -0.3 is 33.9 Å². The van der Waals surface area contributed by atoms with Gasteiger partial charge in [0.25, 0.3) is 0 Å². The van der Waals surface area contributed by atoms with Crippen LogP contribution in [0.3, 0.4) is 0 Å². The summed E-state index contributed by atoms with van der Waals surface area (Å²) in [6, 6.07) is 7.11. The van der Waals surface area contributed by atoms with Crippen LogP contribution in [0.25, 0.3) is 0 Å². The molecule has 3 saturated heterocycles. The molecule has 0 aromatic heterocycles. The normalized spacial score (nSPS) is 36.1. The summed E-state index contributed by atoms with van der Waals surface area (Å²) in [7, 11) is 1.67. The number of benzene rings is 1. The number of rotatable bonds is 7. The van der Waals surface area contributed by atoms with E-state index in [4.69, 9.17) is 23.7 Å². The van der Waals surface area contributed by atoms with E-state index in [-0.39, 0.29) is 48.6 Å². The highest BCUT2D eigenvalue weighted by molar-refractivity contribution is 5.73. The Kier molecular flexibility index (Phi) is 9.73. The van der Waals surface area contributed by atoms with Crippen LogP contribution in [0.15, 0.2) is 24.3 Å². The van der Waals surface area contributed by atoms with E-state index in [1.165, 1.54) is 6.92 Å². The maximum absolute atomic E-state index is 13.1.